The molecule has 0 unspecified atom stereocenters. The normalized spacial score (nSPS) is 11.9. The first kappa shape index (κ1) is 22.0. The third kappa shape index (κ3) is 3.89. The zero-order chi connectivity index (χ0) is 22.9. The molecule has 0 bridgehead atoms. The van der Waals surface area contributed by atoms with Gasteiger partial charge in [0.05, 0.1) is 27.4 Å². The quantitative estimate of drug-likeness (QED) is 0.490. The summed E-state index contributed by atoms with van der Waals surface area (Å²) in [5.41, 5.74) is 0.866. The summed E-state index contributed by atoms with van der Waals surface area (Å²) in [5.74, 6) is -0.585. The lowest BCUT2D eigenvalue weighted by atomic mass is 9.99. The fourth-order valence-corrected chi connectivity index (χ4v) is 3.33. The second kappa shape index (κ2) is 8.61. The van der Waals surface area contributed by atoms with Gasteiger partial charge in [-0.05, 0) is 30.7 Å². The van der Waals surface area contributed by atoms with Crippen LogP contribution < -0.4 is 19.6 Å². The lowest BCUT2D eigenvalue weighted by molar-refractivity contribution is 0.210. The third-order valence-corrected chi connectivity index (χ3v) is 4.98. The molecule has 0 saturated heterocycles. The number of hydrogen-bond donors (Lipinski definition) is 3. The van der Waals surface area contributed by atoms with E-state index in [1.807, 2.05) is 0 Å². The molecule has 164 valence electrons. The number of benzene rings is 2. The number of fused-ring (bicyclic) bond motifs is 1. The van der Waals surface area contributed by atoms with E-state index in [0.29, 0.717) is 22.4 Å². The van der Waals surface area contributed by atoms with Crippen LogP contribution in [0, 0.1) is 0 Å². The Kier molecular flexibility index (Phi) is 6.12. The van der Waals surface area contributed by atoms with E-state index in [-0.39, 0.29) is 40.4 Å². The lowest BCUT2D eigenvalue weighted by Crippen LogP contribution is -2.12. The first-order chi connectivity index (χ1) is 14.7. The highest BCUT2D eigenvalue weighted by molar-refractivity contribution is 5.91. The van der Waals surface area contributed by atoms with E-state index in [1.54, 1.807) is 25.1 Å². The van der Waals surface area contributed by atoms with Gasteiger partial charge in [0.2, 0.25) is 16.9 Å². The van der Waals surface area contributed by atoms with Crippen molar-refractivity contribution in [1.82, 2.24) is 0 Å². The Morgan fingerprint density at radius 2 is 1.77 bits per heavy atom. The minimum absolute atomic E-state index is 0.00675. The SMILES string of the molecule is C=C(C)[C@H](O)Cc1cc(-c2oc3cc(O)c(OC)c(OC)c3c(=O)c2O)ccc1OC. The van der Waals surface area contributed by atoms with Crippen molar-refractivity contribution >= 4 is 11.0 Å². The molecule has 1 heterocycles. The van der Waals surface area contributed by atoms with Crippen LogP contribution in [0.4, 0.5) is 0 Å². The largest absolute Gasteiger partial charge is 0.504 e. The highest BCUT2D eigenvalue weighted by atomic mass is 16.5. The smallest absolute Gasteiger partial charge is 0.238 e. The Balaban J connectivity index is 2.25. The molecule has 0 aliphatic carbocycles. The van der Waals surface area contributed by atoms with Crippen molar-refractivity contribution in [2.75, 3.05) is 21.3 Å². The summed E-state index contributed by atoms with van der Waals surface area (Å²) in [7, 11) is 4.13. The molecule has 31 heavy (non-hydrogen) atoms. The Morgan fingerprint density at radius 1 is 1.10 bits per heavy atom. The molecule has 2 aromatic carbocycles. The van der Waals surface area contributed by atoms with Gasteiger partial charge in [-0.2, -0.15) is 0 Å². The molecule has 0 radical (unpaired) electrons. The molecular weight excluding hydrogens is 404 g/mol. The maximum Gasteiger partial charge on any atom is 0.238 e. The van der Waals surface area contributed by atoms with Crippen molar-refractivity contribution in [3.8, 4) is 40.1 Å². The first-order valence-corrected chi connectivity index (χ1v) is 9.37. The lowest BCUT2D eigenvalue weighted by Gasteiger charge is -2.16. The van der Waals surface area contributed by atoms with E-state index in [1.165, 1.54) is 27.4 Å². The van der Waals surface area contributed by atoms with Crippen LogP contribution in [0.3, 0.4) is 0 Å². The summed E-state index contributed by atoms with van der Waals surface area (Å²) < 4.78 is 21.5. The van der Waals surface area contributed by atoms with Crippen molar-refractivity contribution in [3.63, 3.8) is 0 Å². The number of rotatable bonds is 7. The van der Waals surface area contributed by atoms with Crippen molar-refractivity contribution in [1.29, 1.82) is 0 Å². The van der Waals surface area contributed by atoms with Gasteiger partial charge in [-0.25, -0.2) is 0 Å². The van der Waals surface area contributed by atoms with E-state index in [2.05, 4.69) is 6.58 Å². The van der Waals surface area contributed by atoms with E-state index in [0.717, 1.165) is 0 Å². The first-order valence-electron chi connectivity index (χ1n) is 9.37. The van der Waals surface area contributed by atoms with Crippen LogP contribution in [-0.2, 0) is 6.42 Å². The van der Waals surface area contributed by atoms with Gasteiger partial charge in [0.1, 0.15) is 16.7 Å². The average molecular weight is 428 g/mol. The number of phenolic OH excluding ortho intramolecular Hbond substituents is 1. The van der Waals surface area contributed by atoms with E-state index in [4.69, 9.17) is 18.6 Å². The fourth-order valence-electron chi connectivity index (χ4n) is 3.33. The van der Waals surface area contributed by atoms with Crippen LogP contribution >= 0.6 is 0 Å². The average Bonchev–Trinajstić information content (AvgIpc) is 2.75. The highest BCUT2D eigenvalue weighted by Crippen LogP contribution is 2.44. The van der Waals surface area contributed by atoms with Gasteiger partial charge in [0.15, 0.2) is 17.3 Å². The molecule has 0 spiro atoms. The number of aliphatic hydroxyl groups excluding tert-OH is 1. The van der Waals surface area contributed by atoms with E-state index in [9.17, 15) is 20.1 Å². The molecule has 0 amide bonds. The summed E-state index contributed by atoms with van der Waals surface area (Å²) in [6.45, 7) is 5.46. The van der Waals surface area contributed by atoms with Gasteiger partial charge in [-0.15, -0.1) is 0 Å². The predicted molar refractivity (Wildman–Crippen MR) is 115 cm³/mol. The predicted octanol–water partition coefficient (Wildman–Crippen LogP) is 3.38. The molecule has 3 rings (SSSR count). The summed E-state index contributed by atoms with van der Waals surface area (Å²) in [5, 5.41) is 31.0. The Bertz CT molecular complexity index is 1210. The number of aromatic hydroxyl groups is 2. The number of methoxy groups -OCH3 is 3. The molecule has 3 aromatic rings. The second-order valence-corrected chi connectivity index (χ2v) is 7.04. The molecule has 0 fully saturated rings. The van der Waals surface area contributed by atoms with Crippen LogP contribution in [0.5, 0.6) is 28.7 Å². The van der Waals surface area contributed by atoms with Crippen LogP contribution in [0.15, 0.2) is 45.6 Å². The molecule has 0 aliphatic heterocycles. The van der Waals surface area contributed by atoms with Crippen LogP contribution in [0.25, 0.3) is 22.3 Å². The Hall–Kier alpha value is -3.65. The summed E-state index contributed by atoms with van der Waals surface area (Å²) in [6.07, 6.45) is -0.577. The summed E-state index contributed by atoms with van der Waals surface area (Å²) in [6, 6.07) is 6.12. The number of phenols is 1. The minimum Gasteiger partial charge on any atom is -0.504 e. The van der Waals surface area contributed by atoms with Gasteiger partial charge in [-0.3, -0.25) is 4.79 Å². The van der Waals surface area contributed by atoms with Crippen molar-refractivity contribution in [2.45, 2.75) is 19.4 Å². The zero-order valence-electron chi connectivity index (χ0n) is 17.7. The topological polar surface area (TPSA) is 119 Å². The maximum absolute atomic E-state index is 13.0. The summed E-state index contributed by atoms with van der Waals surface area (Å²) >= 11 is 0. The number of aliphatic hydroxyl groups is 1. The summed E-state index contributed by atoms with van der Waals surface area (Å²) in [4.78, 5) is 13.0. The third-order valence-electron chi connectivity index (χ3n) is 4.98. The van der Waals surface area contributed by atoms with Crippen LogP contribution in [0.1, 0.15) is 12.5 Å². The molecule has 3 N–H and O–H groups in total. The van der Waals surface area contributed by atoms with Crippen LogP contribution in [0.2, 0.25) is 0 Å². The standard InChI is InChI=1S/C23H24O8/c1-11(2)14(24)9-13-8-12(6-7-16(13)28-3)21-20(27)19(26)18-17(31-21)10-15(25)22(29-4)23(18)30-5/h6-8,10,14,24-25,27H,1,9H2,2-5H3/t14-/m1/s1. The molecule has 8 nitrogen and oxygen atoms in total. The molecular formula is C23H24O8. The Labute approximate surface area is 178 Å². The van der Waals surface area contributed by atoms with Crippen LogP contribution in [-0.4, -0.2) is 42.8 Å². The second-order valence-electron chi connectivity index (χ2n) is 7.04. The minimum atomic E-state index is -0.796. The van der Waals surface area contributed by atoms with Gasteiger partial charge in [0.25, 0.3) is 0 Å². The number of ether oxygens (including phenoxy) is 3. The van der Waals surface area contributed by atoms with Crippen molar-refractivity contribution < 1.29 is 33.9 Å². The number of hydrogen-bond acceptors (Lipinski definition) is 8. The van der Waals surface area contributed by atoms with E-state index >= 15 is 0 Å². The molecule has 0 saturated carbocycles. The molecule has 0 aliphatic rings. The monoisotopic (exact) mass is 428 g/mol. The van der Waals surface area contributed by atoms with E-state index < -0.39 is 17.3 Å². The van der Waals surface area contributed by atoms with Crippen molar-refractivity contribution in [3.05, 3.63) is 52.2 Å². The fraction of sp³-hybridized carbons (Fsp3) is 0.261. The molecule has 8 heteroatoms. The Morgan fingerprint density at radius 3 is 2.35 bits per heavy atom. The molecule has 1 aromatic heterocycles. The highest BCUT2D eigenvalue weighted by Gasteiger charge is 2.24. The molecule has 1 atom stereocenters. The van der Waals surface area contributed by atoms with Gasteiger partial charge in [0, 0.05) is 18.1 Å². The maximum atomic E-state index is 13.0. The van der Waals surface area contributed by atoms with Crippen molar-refractivity contribution in [2.24, 2.45) is 0 Å². The van der Waals surface area contributed by atoms with Gasteiger partial charge >= 0.3 is 0 Å². The van der Waals surface area contributed by atoms with Gasteiger partial charge in [-0.1, -0.05) is 12.2 Å². The zero-order valence-corrected chi connectivity index (χ0v) is 17.7. The van der Waals surface area contributed by atoms with Gasteiger partial charge < -0.3 is 33.9 Å².